The van der Waals surface area contributed by atoms with Gasteiger partial charge in [0.15, 0.2) is 23.3 Å². The summed E-state index contributed by atoms with van der Waals surface area (Å²) in [4.78, 5) is 25.7. The van der Waals surface area contributed by atoms with Crippen LogP contribution in [0.25, 0.3) is 113 Å². The van der Waals surface area contributed by atoms with Crippen molar-refractivity contribution in [1.29, 1.82) is 0 Å². The minimum absolute atomic E-state index is 0.602. The zero-order valence-electron chi connectivity index (χ0n) is 35.9. The van der Waals surface area contributed by atoms with Gasteiger partial charge in [-0.2, -0.15) is 0 Å². The van der Waals surface area contributed by atoms with Crippen molar-refractivity contribution >= 4 is 0 Å². The molecule has 0 aliphatic heterocycles. The first-order valence-corrected chi connectivity index (χ1v) is 22.1. The van der Waals surface area contributed by atoms with Crippen LogP contribution in [0.4, 0.5) is 0 Å². The van der Waals surface area contributed by atoms with Crippen molar-refractivity contribution in [2.24, 2.45) is 0 Å². The molecule has 310 valence electrons. The molecule has 0 saturated carbocycles. The van der Waals surface area contributed by atoms with Crippen molar-refractivity contribution in [1.82, 2.24) is 24.9 Å². The third-order valence-corrected chi connectivity index (χ3v) is 11.8. The summed E-state index contributed by atoms with van der Waals surface area (Å²) in [7, 11) is 0. The summed E-state index contributed by atoms with van der Waals surface area (Å²) in [5.74, 6) is 2.51. The lowest BCUT2D eigenvalue weighted by Gasteiger charge is -2.13. The fourth-order valence-electron chi connectivity index (χ4n) is 8.41. The molecule has 0 bridgehead atoms. The zero-order chi connectivity index (χ0) is 44.1. The molecule has 2 aromatic heterocycles. The minimum atomic E-state index is 0.602. The third kappa shape index (κ3) is 8.45. The van der Waals surface area contributed by atoms with E-state index in [0.717, 1.165) is 83.7 Å². The molecule has 0 fully saturated rings. The monoisotopic (exact) mass is 843 g/mol. The maximum Gasteiger partial charge on any atom is 0.164 e. The van der Waals surface area contributed by atoms with E-state index in [-0.39, 0.29) is 0 Å². The topological polar surface area (TPSA) is 64.5 Å². The minimum Gasteiger partial charge on any atom is -0.228 e. The van der Waals surface area contributed by atoms with Gasteiger partial charge in [0, 0.05) is 33.4 Å². The maximum absolute atomic E-state index is 5.22. The second kappa shape index (κ2) is 18.0. The lowest BCUT2D eigenvalue weighted by atomic mass is 9.95. The van der Waals surface area contributed by atoms with Crippen LogP contribution in [0.15, 0.2) is 249 Å². The second-order valence-corrected chi connectivity index (χ2v) is 16.1. The normalized spacial score (nSPS) is 11.0. The van der Waals surface area contributed by atoms with E-state index in [1.54, 1.807) is 0 Å². The van der Waals surface area contributed by atoms with E-state index < -0.39 is 0 Å². The number of aromatic nitrogens is 5. The highest BCUT2D eigenvalue weighted by molar-refractivity contribution is 5.85. The first-order valence-electron chi connectivity index (χ1n) is 22.1. The Morgan fingerprint density at radius 2 is 0.470 bits per heavy atom. The fraction of sp³-hybridized carbons (Fsp3) is 0. The van der Waals surface area contributed by atoms with Gasteiger partial charge in [0.2, 0.25) is 0 Å². The number of nitrogens with zero attached hydrogens (tertiary/aromatic N) is 5. The predicted octanol–water partition coefficient (Wildman–Crippen LogP) is 15.3. The van der Waals surface area contributed by atoms with E-state index in [1.165, 1.54) is 5.56 Å². The molecule has 66 heavy (non-hydrogen) atoms. The van der Waals surface area contributed by atoms with Crippen molar-refractivity contribution in [2.45, 2.75) is 0 Å². The van der Waals surface area contributed by atoms with Crippen LogP contribution in [-0.4, -0.2) is 24.9 Å². The van der Waals surface area contributed by atoms with Gasteiger partial charge < -0.3 is 0 Å². The van der Waals surface area contributed by atoms with Crippen LogP contribution in [0.5, 0.6) is 0 Å². The van der Waals surface area contributed by atoms with E-state index in [0.29, 0.717) is 23.3 Å². The SMILES string of the molecule is c1ccc(-c2cccc(-c3ccccc3-c3nc(-c4ccccc4)nc(-c4cccc(-c5cccc(-c6cccc(-c7nc(-c8ccccc8)cc(-c8ccccc8)n7)c6)c5)c4)n3)c2)cc1. The predicted molar refractivity (Wildman–Crippen MR) is 270 cm³/mol. The number of hydrogen-bond donors (Lipinski definition) is 0. The molecule has 0 N–H and O–H groups in total. The summed E-state index contributed by atoms with van der Waals surface area (Å²) in [6, 6.07) is 85.9. The molecule has 0 saturated heterocycles. The van der Waals surface area contributed by atoms with Gasteiger partial charge in [0.1, 0.15) is 0 Å². The highest BCUT2D eigenvalue weighted by Crippen LogP contribution is 2.36. The van der Waals surface area contributed by atoms with Gasteiger partial charge in [-0.05, 0) is 74.8 Å². The van der Waals surface area contributed by atoms with Gasteiger partial charge >= 0.3 is 0 Å². The Bertz CT molecular complexity index is 3410. The molecule has 0 spiro atoms. The second-order valence-electron chi connectivity index (χ2n) is 16.1. The largest absolute Gasteiger partial charge is 0.228 e. The average molecular weight is 844 g/mol. The average Bonchev–Trinajstić information content (AvgIpc) is 3.42. The number of rotatable bonds is 10. The van der Waals surface area contributed by atoms with Crippen LogP contribution in [0.2, 0.25) is 0 Å². The van der Waals surface area contributed by atoms with Gasteiger partial charge in [0.05, 0.1) is 11.4 Å². The Morgan fingerprint density at radius 1 is 0.167 bits per heavy atom. The smallest absolute Gasteiger partial charge is 0.164 e. The van der Waals surface area contributed by atoms with Crippen molar-refractivity contribution in [2.75, 3.05) is 0 Å². The summed E-state index contributed by atoms with van der Waals surface area (Å²) in [5, 5.41) is 0. The molecule has 2 heterocycles. The molecule has 0 unspecified atom stereocenters. The summed E-state index contributed by atoms with van der Waals surface area (Å²) >= 11 is 0. The van der Waals surface area contributed by atoms with E-state index in [4.69, 9.17) is 24.9 Å². The van der Waals surface area contributed by atoms with E-state index in [9.17, 15) is 0 Å². The Kier molecular flexibility index (Phi) is 10.9. The number of hydrogen-bond acceptors (Lipinski definition) is 5. The Morgan fingerprint density at radius 3 is 0.970 bits per heavy atom. The van der Waals surface area contributed by atoms with Gasteiger partial charge in [-0.1, -0.05) is 218 Å². The lowest BCUT2D eigenvalue weighted by Crippen LogP contribution is -2.01. The molecule has 0 aliphatic carbocycles. The van der Waals surface area contributed by atoms with Crippen molar-refractivity contribution in [3.63, 3.8) is 0 Å². The van der Waals surface area contributed by atoms with Crippen molar-refractivity contribution in [3.05, 3.63) is 249 Å². The first kappa shape index (κ1) is 39.9. The summed E-state index contributed by atoms with van der Waals surface area (Å²) in [6.45, 7) is 0. The van der Waals surface area contributed by atoms with Crippen molar-refractivity contribution < 1.29 is 0 Å². The van der Waals surface area contributed by atoms with Gasteiger partial charge in [-0.25, -0.2) is 24.9 Å². The van der Waals surface area contributed by atoms with Gasteiger partial charge in [-0.15, -0.1) is 0 Å². The Balaban J connectivity index is 0.957. The highest BCUT2D eigenvalue weighted by atomic mass is 15.0. The Hall–Kier alpha value is -8.93. The van der Waals surface area contributed by atoms with Gasteiger partial charge in [-0.3, -0.25) is 0 Å². The molecule has 5 heteroatoms. The molecule has 0 atom stereocenters. The molecule has 0 aliphatic rings. The molecular weight excluding hydrogens is 803 g/mol. The molecule has 0 amide bonds. The van der Waals surface area contributed by atoms with Crippen LogP contribution >= 0.6 is 0 Å². The standard InChI is InChI=1S/C61H41N5/c1-5-19-42(20-6-1)46-27-16-32-51(38-46)54-35-13-14-36-55(54)61-65-58(45-25-11-4-12-26-45)64-60(66-61)53-34-18-31-50(40-53)48-29-15-28-47(37-48)49-30-17-33-52(39-49)59-62-56(43-21-7-2-8-22-43)41-57(63-59)44-23-9-3-10-24-44/h1-41H. The highest BCUT2D eigenvalue weighted by Gasteiger charge is 2.17. The Labute approximate surface area is 384 Å². The molecule has 0 radical (unpaired) electrons. The molecule has 9 aromatic carbocycles. The molecule has 11 aromatic rings. The maximum atomic E-state index is 5.22. The summed E-state index contributed by atoms with van der Waals surface area (Å²) in [6.07, 6.45) is 0. The first-order chi connectivity index (χ1) is 32.7. The zero-order valence-corrected chi connectivity index (χ0v) is 35.9. The molecule has 11 rings (SSSR count). The van der Waals surface area contributed by atoms with Crippen molar-refractivity contribution in [3.8, 4) is 113 Å². The quantitative estimate of drug-likeness (QED) is 0.137. The fourth-order valence-corrected chi connectivity index (χ4v) is 8.41. The van der Waals surface area contributed by atoms with Crippen LogP contribution in [0.3, 0.4) is 0 Å². The van der Waals surface area contributed by atoms with E-state index >= 15 is 0 Å². The number of benzene rings is 9. The van der Waals surface area contributed by atoms with Crippen LogP contribution in [0.1, 0.15) is 0 Å². The molecule has 5 nitrogen and oxygen atoms in total. The third-order valence-electron chi connectivity index (χ3n) is 11.8. The van der Waals surface area contributed by atoms with Crippen LogP contribution in [-0.2, 0) is 0 Å². The lowest BCUT2D eigenvalue weighted by molar-refractivity contribution is 1.07. The summed E-state index contributed by atoms with van der Waals surface area (Å²) < 4.78 is 0. The van der Waals surface area contributed by atoms with E-state index in [1.807, 2.05) is 78.9 Å². The van der Waals surface area contributed by atoms with Crippen LogP contribution < -0.4 is 0 Å². The van der Waals surface area contributed by atoms with Gasteiger partial charge in [0.25, 0.3) is 0 Å². The van der Waals surface area contributed by atoms with E-state index in [2.05, 4.69) is 170 Å². The summed E-state index contributed by atoms with van der Waals surface area (Å²) in [5.41, 5.74) is 16.3. The molecular formula is C61H41N5. The van der Waals surface area contributed by atoms with Crippen LogP contribution in [0, 0.1) is 0 Å².